The van der Waals surface area contributed by atoms with Crippen LogP contribution in [0.1, 0.15) is 5.69 Å². The van der Waals surface area contributed by atoms with Crippen LogP contribution in [0.3, 0.4) is 0 Å². The zero-order valence-electron chi connectivity index (χ0n) is 13.8. The number of nitrogens with one attached hydrogen (secondary N) is 1. The first-order valence-corrected chi connectivity index (χ1v) is 7.92. The Hall–Kier alpha value is -3.09. The van der Waals surface area contributed by atoms with Crippen LogP contribution in [-0.4, -0.2) is 45.9 Å². The van der Waals surface area contributed by atoms with E-state index in [2.05, 4.69) is 20.3 Å². The van der Waals surface area contributed by atoms with E-state index in [1.54, 1.807) is 30.3 Å². The van der Waals surface area contributed by atoms with Gasteiger partial charge in [0.15, 0.2) is 0 Å². The Bertz CT molecular complexity index is 872. The van der Waals surface area contributed by atoms with Gasteiger partial charge in [0.2, 0.25) is 5.91 Å². The van der Waals surface area contributed by atoms with Crippen LogP contribution >= 0.6 is 0 Å². The molecule has 3 aromatic rings. The predicted octanol–water partition coefficient (Wildman–Crippen LogP) is 2.28. The minimum absolute atomic E-state index is 0.0708. The van der Waals surface area contributed by atoms with Gasteiger partial charge in [0, 0.05) is 37.3 Å². The number of carbonyl (C=O) groups excluding carboxylic acids is 1. The Balaban J connectivity index is 1.59. The molecule has 0 saturated heterocycles. The summed E-state index contributed by atoms with van der Waals surface area (Å²) in [6.07, 6.45) is 3.70. The van der Waals surface area contributed by atoms with Crippen molar-refractivity contribution in [3.05, 3.63) is 60.4 Å². The number of rotatable bonds is 6. The number of amides is 1. The molecular formula is C18H18FN5O. The normalized spacial score (nSPS) is 10.6. The second kappa shape index (κ2) is 7.65. The number of carbonyl (C=O) groups is 1. The molecule has 1 amide bonds. The van der Waals surface area contributed by atoms with E-state index >= 15 is 0 Å². The lowest BCUT2D eigenvalue weighted by atomic mass is 10.2. The quantitative estimate of drug-likeness (QED) is 0.746. The maximum atomic E-state index is 13.8. The first-order chi connectivity index (χ1) is 12.1. The van der Waals surface area contributed by atoms with Crippen molar-refractivity contribution in [2.75, 3.05) is 25.5 Å². The Kier molecular flexibility index (Phi) is 5.13. The van der Waals surface area contributed by atoms with Crippen LogP contribution in [0.25, 0.3) is 10.9 Å². The second-order valence-electron chi connectivity index (χ2n) is 5.60. The molecular weight excluding hydrogens is 321 g/mol. The summed E-state index contributed by atoms with van der Waals surface area (Å²) < 4.78 is 13.8. The van der Waals surface area contributed by atoms with Crippen LogP contribution < -0.4 is 5.32 Å². The van der Waals surface area contributed by atoms with Crippen molar-refractivity contribution < 1.29 is 9.18 Å². The molecule has 0 atom stereocenters. The SMILES string of the molecule is CN(CCc1ccccn1)C(=O)CNc1ncnc2c(F)cccc12. The fraction of sp³-hybridized carbons (Fsp3) is 0.222. The molecule has 3 rings (SSSR count). The smallest absolute Gasteiger partial charge is 0.241 e. The minimum Gasteiger partial charge on any atom is -0.360 e. The molecule has 2 heterocycles. The topological polar surface area (TPSA) is 71.0 Å². The number of likely N-dealkylation sites (N-methyl/N-ethyl adjacent to an activating group) is 1. The van der Waals surface area contributed by atoms with Gasteiger partial charge in [-0.05, 0) is 24.3 Å². The van der Waals surface area contributed by atoms with Crippen molar-refractivity contribution >= 4 is 22.6 Å². The maximum Gasteiger partial charge on any atom is 0.241 e. The summed E-state index contributed by atoms with van der Waals surface area (Å²) >= 11 is 0. The molecule has 0 saturated carbocycles. The number of pyridine rings is 1. The number of aromatic nitrogens is 3. The number of hydrogen-bond donors (Lipinski definition) is 1. The van der Waals surface area contributed by atoms with Gasteiger partial charge < -0.3 is 10.2 Å². The van der Waals surface area contributed by atoms with E-state index < -0.39 is 5.82 Å². The van der Waals surface area contributed by atoms with Gasteiger partial charge in [-0.25, -0.2) is 14.4 Å². The molecule has 1 aromatic carbocycles. The third-order valence-electron chi connectivity index (χ3n) is 3.88. The molecule has 1 N–H and O–H groups in total. The first kappa shape index (κ1) is 16.8. The summed E-state index contributed by atoms with van der Waals surface area (Å²) in [5.41, 5.74) is 1.17. The third-order valence-corrected chi connectivity index (χ3v) is 3.88. The average molecular weight is 339 g/mol. The van der Waals surface area contributed by atoms with Crippen molar-refractivity contribution in [2.45, 2.75) is 6.42 Å². The summed E-state index contributed by atoms with van der Waals surface area (Å²) in [4.78, 5) is 26.2. The molecule has 6 nitrogen and oxygen atoms in total. The standard InChI is InChI=1S/C18H18FN5O/c1-24(10-8-13-5-2-3-9-20-13)16(25)11-21-18-14-6-4-7-15(19)17(14)22-12-23-18/h2-7,9,12H,8,10-11H2,1H3,(H,21,22,23). The zero-order valence-corrected chi connectivity index (χ0v) is 13.8. The van der Waals surface area contributed by atoms with Gasteiger partial charge in [-0.3, -0.25) is 9.78 Å². The van der Waals surface area contributed by atoms with E-state index in [9.17, 15) is 9.18 Å². The monoisotopic (exact) mass is 339 g/mol. The fourth-order valence-electron chi connectivity index (χ4n) is 2.44. The molecule has 128 valence electrons. The van der Waals surface area contributed by atoms with Gasteiger partial charge in [-0.1, -0.05) is 12.1 Å². The van der Waals surface area contributed by atoms with E-state index in [1.165, 1.54) is 12.4 Å². The first-order valence-electron chi connectivity index (χ1n) is 7.92. The van der Waals surface area contributed by atoms with Crippen molar-refractivity contribution in [3.8, 4) is 0 Å². The number of para-hydroxylation sites is 1. The Morgan fingerprint density at radius 3 is 2.84 bits per heavy atom. The highest BCUT2D eigenvalue weighted by molar-refractivity contribution is 5.91. The average Bonchev–Trinajstić information content (AvgIpc) is 2.65. The van der Waals surface area contributed by atoms with Crippen LogP contribution in [0.5, 0.6) is 0 Å². The second-order valence-corrected chi connectivity index (χ2v) is 5.60. The highest BCUT2D eigenvalue weighted by Crippen LogP contribution is 2.20. The van der Waals surface area contributed by atoms with Crippen molar-refractivity contribution in [3.63, 3.8) is 0 Å². The molecule has 0 aliphatic heterocycles. The molecule has 0 unspecified atom stereocenters. The van der Waals surface area contributed by atoms with E-state index in [1.807, 2.05) is 18.2 Å². The molecule has 2 aromatic heterocycles. The van der Waals surface area contributed by atoms with Crippen LogP contribution in [-0.2, 0) is 11.2 Å². The summed E-state index contributed by atoms with van der Waals surface area (Å²) in [7, 11) is 1.74. The van der Waals surface area contributed by atoms with Gasteiger partial charge in [0.25, 0.3) is 0 Å². The number of benzene rings is 1. The summed E-state index contributed by atoms with van der Waals surface area (Å²) in [5.74, 6) is -0.0585. The summed E-state index contributed by atoms with van der Waals surface area (Å²) in [5, 5.41) is 3.52. The fourth-order valence-corrected chi connectivity index (χ4v) is 2.44. The van der Waals surface area contributed by atoms with Gasteiger partial charge in [-0.2, -0.15) is 0 Å². The molecule has 0 aliphatic rings. The van der Waals surface area contributed by atoms with Crippen molar-refractivity contribution in [1.29, 1.82) is 0 Å². The molecule has 0 radical (unpaired) electrons. The summed E-state index contributed by atoms with van der Waals surface area (Å²) in [6, 6.07) is 10.4. The number of halogens is 1. The number of fused-ring (bicyclic) bond motifs is 1. The maximum absolute atomic E-state index is 13.8. The lowest BCUT2D eigenvalue weighted by Crippen LogP contribution is -2.34. The molecule has 0 fully saturated rings. The third kappa shape index (κ3) is 4.06. The highest BCUT2D eigenvalue weighted by Gasteiger charge is 2.11. The molecule has 7 heteroatoms. The van der Waals surface area contributed by atoms with E-state index in [4.69, 9.17) is 0 Å². The molecule has 0 bridgehead atoms. The van der Waals surface area contributed by atoms with Gasteiger partial charge in [0.1, 0.15) is 23.5 Å². The predicted molar refractivity (Wildman–Crippen MR) is 93.6 cm³/mol. The van der Waals surface area contributed by atoms with Crippen LogP contribution in [0.4, 0.5) is 10.2 Å². The summed E-state index contributed by atoms with van der Waals surface area (Å²) in [6.45, 7) is 0.637. The van der Waals surface area contributed by atoms with E-state index in [-0.39, 0.29) is 18.0 Å². The van der Waals surface area contributed by atoms with Gasteiger partial charge >= 0.3 is 0 Å². The Morgan fingerprint density at radius 2 is 2.04 bits per heavy atom. The van der Waals surface area contributed by atoms with Gasteiger partial charge in [0.05, 0.1) is 6.54 Å². The zero-order chi connectivity index (χ0) is 17.6. The molecule has 0 spiro atoms. The van der Waals surface area contributed by atoms with E-state index in [0.29, 0.717) is 24.2 Å². The highest BCUT2D eigenvalue weighted by atomic mass is 19.1. The minimum atomic E-state index is -0.415. The number of anilines is 1. The van der Waals surface area contributed by atoms with Crippen molar-refractivity contribution in [2.24, 2.45) is 0 Å². The lowest BCUT2D eigenvalue weighted by Gasteiger charge is -2.17. The van der Waals surface area contributed by atoms with Crippen LogP contribution in [0.15, 0.2) is 48.9 Å². The number of hydrogen-bond acceptors (Lipinski definition) is 5. The van der Waals surface area contributed by atoms with Crippen LogP contribution in [0.2, 0.25) is 0 Å². The molecule has 0 aliphatic carbocycles. The van der Waals surface area contributed by atoms with Crippen LogP contribution in [0, 0.1) is 5.82 Å². The van der Waals surface area contributed by atoms with E-state index in [0.717, 1.165) is 5.69 Å². The number of nitrogens with zero attached hydrogens (tertiary/aromatic N) is 4. The molecule has 25 heavy (non-hydrogen) atoms. The van der Waals surface area contributed by atoms with Gasteiger partial charge in [-0.15, -0.1) is 0 Å². The lowest BCUT2D eigenvalue weighted by molar-refractivity contribution is -0.128. The Morgan fingerprint density at radius 1 is 1.16 bits per heavy atom. The van der Waals surface area contributed by atoms with Crippen molar-refractivity contribution in [1.82, 2.24) is 19.9 Å². The Labute approximate surface area is 144 Å². The largest absolute Gasteiger partial charge is 0.360 e.